The maximum atomic E-state index is 12.8. The van der Waals surface area contributed by atoms with Gasteiger partial charge in [-0.3, -0.25) is 4.79 Å². The molecule has 0 saturated heterocycles. The molecular weight excluding hydrogens is 376 g/mol. The van der Waals surface area contributed by atoms with Gasteiger partial charge >= 0.3 is 0 Å². The lowest BCUT2D eigenvalue weighted by molar-refractivity contribution is 0.325. The molecule has 0 bridgehead atoms. The van der Waals surface area contributed by atoms with Crippen molar-refractivity contribution in [1.82, 2.24) is 4.57 Å². The lowest BCUT2D eigenvalue weighted by atomic mass is 10.1. The average molecular weight is 413 g/mol. The molecule has 0 atom stereocenters. The molecule has 0 aliphatic heterocycles. The molecule has 164 valence electrons. The highest BCUT2D eigenvalue weighted by Crippen LogP contribution is 2.33. The molecule has 0 unspecified atom stereocenters. The van der Waals surface area contributed by atoms with E-state index in [-0.39, 0.29) is 11.3 Å². The first-order valence-corrected chi connectivity index (χ1v) is 10.7. The van der Waals surface area contributed by atoms with Crippen LogP contribution in [0.5, 0.6) is 11.5 Å². The number of hydrogen-bond donors (Lipinski definition) is 1. The topological polar surface area (TPSA) is 52.5 Å². The number of nitrogens with one attached hydrogen (secondary N) is 1. The molecule has 1 N–H and O–H groups in total. The highest BCUT2D eigenvalue weighted by molar-refractivity contribution is 5.90. The number of nitrogens with zero attached hydrogens (tertiary/aromatic N) is 1. The van der Waals surface area contributed by atoms with E-state index >= 15 is 0 Å². The van der Waals surface area contributed by atoms with Gasteiger partial charge in [0, 0.05) is 24.7 Å². The fraction of sp³-hybridized carbons (Fsp3) is 0.480. The minimum absolute atomic E-state index is 0.199. The average Bonchev–Trinajstić information content (AvgIpc) is 2.71. The Hall–Kier alpha value is -2.69. The van der Waals surface area contributed by atoms with Crippen molar-refractivity contribution >= 4 is 16.6 Å². The third kappa shape index (κ3) is 6.15. The molecular formula is C25H36N2O3. The Kier molecular flexibility index (Phi) is 9.03. The molecule has 1 aromatic carbocycles. The second kappa shape index (κ2) is 11.5. The van der Waals surface area contributed by atoms with E-state index in [9.17, 15) is 4.79 Å². The molecule has 2 aromatic rings. The summed E-state index contributed by atoms with van der Waals surface area (Å²) in [5.74, 6) is 0.747. The Morgan fingerprint density at radius 3 is 2.60 bits per heavy atom. The van der Waals surface area contributed by atoms with Crippen molar-refractivity contribution in [3.63, 3.8) is 0 Å². The quantitative estimate of drug-likeness (QED) is 0.373. The first-order valence-electron chi connectivity index (χ1n) is 10.7. The van der Waals surface area contributed by atoms with Crippen molar-refractivity contribution in [1.29, 1.82) is 0 Å². The Bertz CT molecular complexity index is 966. The minimum Gasteiger partial charge on any atom is -0.488 e. The summed E-state index contributed by atoms with van der Waals surface area (Å²) in [4.78, 5) is 12.8. The molecule has 0 aliphatic carbocycles. The number of unbranched alkanes of at least 4 members (excludes halogenated alkanes) is 1. The maximum absolute atomic E-state index is 12.8. The smallest absolute Gasteiger partial charge is 0.297 e. The molecule has 5 nitrogen and oxygen atoms in total. The van der Waals surface area contributed by atoms with Crippen molar-refractivity contribution in [3.05, 3.63) is 51.9 Å². The largest absolute Gasteiger partial charge is 0.488 e. The van der Waals surface area contributed by atoms with Crippen molar-refractivity contribution in [2.24, 2.45) is 7.05 Å². The molecule has 30 heavy (non-hydrogen) atoms. The van der Waals surface area contributed by atoms with Gasteiger partial charge in [-0.2, -0.15) is 0 Å². The van der Waals surface area contributed by atoms with Crippen molar-refractivity contribution in [2.75, 3.05) is 25.6 Å². The summed E-state index contributed by atoms with van der Waals surface area (Å²) in [6.07, 6.45) is 8.57. The molecule has 0 radical (unpaired) electrons. The van der Waals surface area contributed by atoms with Crippen LogP contribution in [0.3, 0.4) is 0 Å². The van der Waals surface area contributed by atoms with Crippen LogP contribution >= 0.6 is 0 Å². The van der Waals surface area contributed by atoms with Crippen LogP contribution in [-0.4, -0.2) is 24.8 Å². The van der Waals surface area contributed by atoms with Gasteiger partial charge in [-0.1, -0.05) is 30.6 Å². The van der Waals surface area contributed by atoms with E-state index in [0.29, 0.717) is 12.4 Å². The number of ether oxygens (including phenoxy) is 2. The standard InChI is InChI=1S/C25H36N2O3/c1-7-8-15-26-20-12-13-21-22(17-20)27(5)25(28)24(29-6)23(21)30-16-14-19(4)11-9-10-18(2)3/h10,12-14,17,26H,7-9,11,15-16H2,1-6H3/b19-14+. The van der Waals surface area contributed by atoms with Crippen molar-refractivity contribution < 1.29 is 9.47 Å². The van der Waals surface area contributed by atoms with Gasteiger partial charge in [0.25, 0.3) is 5.56 Å². The van der Waals surface area contributed by atoms with Crippen LogP contribution in [0.25, 0.3) is 10.9 Å². The second-order valence-corrected chi connectivity index (χ2v) is 7.92. The maximum Gasteiger partial charge on any atom is 0.297 e. The van der Waals surface area contributed by atoms with Crippen LogP contribution < -0.4 is 20.3 Å². The molecule has 0 saturated carbocycles. The number of anilines is 1. The normalized spacial score (nSPS) is 11.5. The number of rotatable bonds is 11. The first-order chi connectivity index (χ1) is 14.4. The lowest BCUT2D eigenvalue weighted by Gasteiger charge is -2.16. The zero-order valence-corrected chi connectivity index (χ0v) is 19.3. The van der Waals surface area contributed by atoms with E-state index in [0.717, 1.165) is 48.8 Å². The number of benzene rings is 1. The van der Waals surface area contributed by atoms with Crippen LogP contribution in [0, 0.1) is 0 Å². The Morgan fingerprint density at radius 1 is 1.17 bits per heavy atom. The molecule has 0 fully saturated rings. The fourth-order valence-electron chi connectivity index (χ4n) is 3.28. The van der Waals surface area contributed by atoms with Gasteiger partial charge in [0.05, 0.1) is 12.6 Å². The van der Waals surface area contributed by atoms with Gasteiger partial charge in [-0.05, 0) is 64.3 Å². The predicted molar refractivity (Wildman–Crippen MR) is 127 cm³/mol. The summed E-state index contributed by atoms with van der Waals surface area (Å²) < 4.78 is 13.1. The number of pyridine rings is 1. The summed E-state index contributed by atoms with van der Waals surface area (Å²) in [5.41, 5.74) is 4.22. The monoisotopic (exact) mass is 412 g/mol. The van der Waals surface area contributed by atoms with Crippen molar-refractivity contribution in [3.8, 4) is 11.5 Å². The fourth-order valence-corrected chi connectivity index (χ4v) is 3.28. The third-order valence-corrected chi connectivity index (χ3v) is 5.12. The molecule has 2 rings (SSSR count). The zero-order valence-electron chi connectivity index (χ0n) is 19.3. The summed E-state index contributed by atoms with van der Waals surface area (Å²) in [6, 6.07) is 6.01. The van der Waals surface area contributed by atoms with Gasteiger partial charge in [0.1, 0.15) is 6.61 Å². The number of fused-ring (bicyclic) bond motifs is 1. The molecule has 1 aromatic heterocycles. The molecule has 0 aliphatic rings. The van der Waals surface area contributed by atoms with E-state index in [2.05, 4.69) is 45.2 Å². The number of aryl methyl sites for hydroxylation is 1. The van der Waals surface area contributed by atoms with Crippen molar-refractivity contribution in [2.45, 2.75) is 53.4 Å². The van der Waals surface area contributed by atoms with Gasteiger partial charge in [-0.25, -0.2) is 0 Å². The van der Waals surface area contributed by atoms with E-state index in [1.807, 2.05) is 18.2 Å². The van der Waals surface area contributed by atoms with E-state index in [4.69, 9.17) is 9.47 Å². The predicted octanol–water partition coefficient (Wildman–Crippen LogP) is 5.83. The lowest BCUT2D eigenvalue weighted by Crippen LogP contribution is -2.20. The van der Waals surface area contributed by atoms with Gasteiger partial charge in [0.2, 0.25) is 5.75 Å². The number of aromatic nitrogens is 1. The Morgan fingerprint density at radius 2 is 1.93 bits per heavy atom. The van der Waals surface area contributed by atoms with Gasteiger partial charge in [0.15, 0.2) is 5.75 Å². The summed E-state index contributed by atoms with van der Waals surface area (Å²) in [6.45, 7) is 9.80. The number of allylic oxidation sites excluding steroid dienone is 3. The van der Waals surface area contributed by atoms with E-state index in [1.165, 1.54) is 18.3 Å². The van der Waals surface area contributed by atoms with Gasteiger partial charge in [-0.15, -0.1) is 0 Å². The van der Waals surface area contributed by atoms with Gasteiger partial charge < -0.3 is 19.4 Å². The highest BCUT2D eigenvalue weighted by atomic mass is 16.5. The summed E-state index contributed by atoms with van der Waals surface area (Å²) in [5, 5.41) is 4.28. The first kappa shape index (κ1) is 23.6. The highest BCUT2D eigenvalue weighted by Gasteiger charge is 2.17. The summed E-state index contributed by atoms with van der Waals surface area (Å²) >= 11 is 0. The third-order valence-electron chi connectivity index (χ3n) is 5.12. The number of methoxy groups -OCH3 is 1. The van der Waals surface area contributed by atoms with Crippen LogP contribution in [0.1, 0.15) is 53.4 Å². The van der Waals surface area contributed by atoms with E-state index in [1.54, 1.807) is 11.6 Å². The second-order valence-electron chi connectivity index (χ2n) is 7.92. The summed E-state index contributed by atoms with van der Waals surface area (Å²) in [7, 11) is 3.27. The molecule has 5 heteroatoms. The molecule has 1 heterocycles. The van der Waals surface area contributed by atoms with Crippen LogP contribution in [-0.2, 0) is 7.05 Å². The number of hydrogen-bond acceptors (Lipinski definition) is 4. The molecule has 0 amide bonds. The van der Waals surface area contributed by atoms with Crippen LogP contribution in [0.2, 0.25) is 0 Å². The Labute approximate surface area is 180 Å². The zero-order chi connectivity index (χ0) is 22.1. The Balaban J connectivity index is 2.30. The minimum atomic E-state index is -0.199. The van der Waals surface area contributed by atoms with Crippen LogP contribution in [0.15, 0.2) is 46.3 Å². The van der Waals surface area contributed by atoms with E-state index < -0.39 is 0 Å². The van der Waals surface area contributed by atoms with Crippen LogP contribution in [0.4, 0.5) is 5.69 Å². The molecule has 0 spiro atoms. The SMILES string of the molecule is CCCCNc1ccc2c(OC/C=C(\C)CCC=C(C)C)c(OC)c(=O)n(C)c2c1.